The van der Waals surface area contributed by atoms with Gasteiger partial charge >= 0.3 is 0 Å². The summed E-state index contributed by atoms with van der Waals surface area (Å²) in [6, 6.07) is 3.98. The molecule has 0 amide bonds. The van der Waals surface area contributed by atoms with E-state index in [4.69, 9.17) is 0 Å². The number of pyridine rings is 1. The van der Waals surface area contributed by atoms with Crippen molar-refractivity contribution in [3.05, 3.63) is 30.1 Å². The van der Waals surface area contributed by atoms with E-state index in [9.17, 15) is 5.11 Å². The number of H-pyrrole nitrogens is 1. The molecule has 1 atom stereocenters. The van der Waals surface area contributed by atoms with Crippen LogP contribution in [0.2, 0.25) is 0 Å². The van der Waals surface area contributed by atoms with Crippen molar-refractivity contribution in [3.8, 4) is 0 Å². The molecule has 0 spiro atoms. The van der Waals surface area contributed by atoms with Gasteiger partial charge in [0, 0.05) is 17.8 Å². The van der Waals surface area contributed by atoms with Crippen LogP contribution in [-0.4, -0.2) is 21.2 Å². The Morgan fingerprint density at radius 3 is 3.21 bits per heavy atom. The van der Waals surface area contributed by atoms with Crippen LogP contribution >= 0.6 is 0 Å². The van der Waals surface area contributed by atoms with Crippen LogP contribution in [0.5, 0.6) is 0 Å². The zero-order chi connectivity index (χ0) is 9.97. The first kappa shape index (κ1) is 9.21. The Hall–Kier alpha value is -1.35. The Labute approximate surface area is 82.8 Å². The third-order valence-corrected chi connectivity index (χ3v) is 2.37. The van der Waals surface area contributed by atoms with E-state index < -0.39 is 0 Å². The molecule has 3 nitrogen and oxygen atoms in total. The van der Waals surface area contributed by atoms with Gasteiger partial charge in [-0.15, -0.1) is 0 Å². The molecule has 0 saturated heterocycles. The molecule has 0 unspecified atom stereocenters. The lowest BCUT2D eigenvalue weighted by Crippen LogP contribution is -2.00. The molecule has 2 rings (SSSR count). The van der Waals surface area contributed by atoms with E-state index in [0.29, 0.717) is 0 Å². The van der Waals surface area contributed by atoms with Crippen molar-refractivity contribution in [2.24, 2.45) is 0 Å². The second-order valence-corrected chi connectivity index (χ2v) is 3.60. The highest BCUT2D eigenvalue weighted by Crippen LogP contribution is 2.17. The zero-order valence-corrected chi connectivity index (χ0v) is 8.20. The molecule has 14 heavy (non-hydrogen) atoms. The molecule has 2 heterocycles. The lowest BCUT2D eigenvalue weighted by Gasteiger charge is -2.01. The molecular weight excluding hydrogens is 176 g/mol. The third-order valence-electron chi connectivity index (χ3n) is 2.37. The van der Waals surface area contributed by atoms with Gasteiger partial charge < -0.3 is 10.1 Å². The molecule has 2 aromatic rings. The van der Waals surface area contributed by atoms with Crippen molar-refractivity contribution in [1.82, 2.24) is 9.97 Å². The molecule has 0 aliphatic rings. The molecule has 0 saturated carbocycles. The minimum absolute atomic E-state index is 0.239. The summed E-state index contributed by atoms with van der Waals surface area (Å²) in [5.74, 6) is 0. The Kier molecular flexibility index (Phi) is 2.50. The van der Waals surface area contributed by atoms with Gasteiger partial charge in [0.1, 0.15) is 5.65 Å². The topological polar surface area (TPSA) is 48.9 Å². The molecule has 0 bridgehead atoms. The summed E-state index contributed by atoms with van der Waals surface area (Å²) < 4.78 is 0. The summed E-state index contributed by atoms with van der Waals surface area (Å²) in [6.07, 6.45) is 5.19. The number of aromatic nitrogens is 2. The minimum atomic E-state index is -0.239. The number of fused-ring (bicyclic) bond motifs is 1. The van der Waals surface area contributed by atoms with Crippen LogP contribution < -0.4 is 0 Å². The number of aromatic amines is 1. The molecule has 0 radical (unpaired) electrons. The highest BCUT2D eigenvalue weighted by molar-refractivity contribution is 5.79. The fourth-order valence-electron chi connectivity index (χ4n) is 1.58. The van der Waals surface area contributed by atoms with Crippen LogP contribution in [0.4, 0.5) is 0 Å². The van der Waals surface area contributed by atoms with E-state index in [2.05, 4.69) is 16.0 Å². The standard InChI is InChI=1S/C11H14N2O/c1-8(14)4-5-9-7-13-11-10(9)3-2-6-12-11/h2-3,6-8,14H,4-5H2,1H3,(H,12,13)/t8-/m1/s1. The van der Waals surface area contributed by atoms with E-state index in [-0.39, 0.29) is 6.10 Å². The van der Waals surface area contributed by atoms with E-state index >= 15 is 0 Å². The van der Waals surface area contributed by atoms with Crippen molar-refractivity contribution in [1.29, 1.82) is 0 Å². The van der Waals surface area contributed by atoms with Crippen LogP contribution in [0, 0.1) is 0 Å². The monoisotopic (exact) mass is 190 g/mol. The SMILES string of the molecule is C[C@@H](O)CCc1c[nH]c2ncccc12. The molecular formula is C11H14N2O. The first-order valence-electron chi connectivity index (χ1n) is 4.86. The Balaban J connectivity index is 2.25. The van der Waals surface area contributed by atoms with Crippen LogP contribution in [0.15, 0.2) is 24.5 Å². The zero-order valence-electron chi connectivity index (χ0n) is 8.20. The number of aliphatic hydroxyl groups excluding tert-OH is 1. The summed E-state index contributed by atoms with van der Waals surface area (Å²) in [6.45, 7) is 1.81. The van der Waals surface area contributed by atoms with Crippen molar-refractivity contribution in [2.45, 2.75) is 25.9 Å². The normalized spacial score (nSPS) is 13.3. The quantitative estimate of drug-likeness (QED) is 0.776. The van der Waals surface area contributed by atoms with E-state index in [1.54, 1.807) is 6.20 Å². The first-order chi connectivity index (χ1) is 6.77. The van der Waals surface area contributed by atoms with Crippen molar-refractivity contribution in [3.63, 3.8) is 0 Å². The van der Waals surface area contributed by atoms with Gasteiger partial charge in [-0.3, -0.25) is 0 Å². The van der Waals surface area contributed by atoms with Gasteiger partial charge in [-0.05, 0) is 37.5 Å². The van der Waals surface area contributed by atoms with E-state index in [1.165, 1.54) is 5.56 Å². The lowest BCUT2D eigenvalue weighted by molar-refractivity contribution is 0.185. The fraction of sp³-hybridized carbons (Fsp3) is 0.364. The molecule has 3 heteroatoms. The number of hydrogen-bond acceptors (Lipinski definition) is 2. The van der Waals surface area contributed by atoms with Crippen LogP contribution in [0.3, 0.4) is 0 Å². The van der Waals surface area contributed by atoms with Gasteiger partial charge in [-0.25, -0.2) is 4.98 Å². The molecule has 0 aliphatic carbocycles. The van der Waals surface area contributed by atoms with Crippen LogP contribution in [-0.2, 0) is 6.42 Å². The second kappa shape index (κ2) is 3.80. The maximum Gasteiger partial charge on any atom is 0.137 e. The summed E-state index contributed by atoms with van der Waals surface area (Å²) in [4.78, 5) is 7.33. The Bertz CT molecular complexity index is 420. The van der Waals surface area contributed by atoms with Crippen molar-refractivity contribution in [2.75, 3.05) is 0 Å². The number of aryl methyl sites for hydroxylation is 1. The van der Waals surface area contributed by atoms with E-state index in [1.807, 2.05) is 19.2 Å². The van der Waals surface area contributed by atoms with Crippen LogP contribution in [0.1, 0.15) is 18.9 Å². The number of nitrogens with one attached hydrogen (secondary N) is 1. The van der Waals surface area contributed by atoms with Gasteiger partial charge in [0.2, 0.25) is 0 Å². The number of rotatable bonds is 3. The second-order valence-electron chi connectivity index (χ2n) is 3.60. The molecule has 2 N–H and O–H groups in total. The smallest absolute Gasteiger partial charge is 0.137 e. The third kappa shape index (κ3) is 1.77. The van der Waals surface area contributed by atoms with E-state index in [0.717, 1.165) is 23.9 Å². The minimum Gasteiger partial charge on any atom is -0.393 e. The Morgan fingerprint density at radius 1 is 1.57 bits per heavy atom. The Morgan fingerprint density at radius 2 is 2.43 bits per heavy atom. The van der Waals surface area contributed by atoms with Crippen molar-refractivity contribution >= 4 is 11.0 Å². The van der Waals surface area contributed by atoms with Gasteiger partial charge in [0.05, 0.1) is 6.10 Å². The largest absolute Gasteiger partial charge is 0.393 e. The maximum atomic E-state index is 9.20. The highest BCUT2D eigenvalue weighted by Gasteiger charge is 2.04. The van der Waals surface area contributed by atoms with Crippen LogP contribution in [0.25, 0.3) is 11.0 Å². The average Bonchev–Trinajstić information content (AvgIpc) is 2.58. The fourth-order valence-corrected chi connectivity index (χ4v) is 1.58. The van der Waals surface area contributed by atoms with Crippen molar-refractivity contribution < 1.29 is 5.11 Å². The van der Waals surface area contributed by atoms with Gasteiger partial charge in [-0.1, -0.05) is 0 Å². The average molecular weight is 190 g/mol. The highest BCUT2D eigenvalue weighted by atomic mass is 16.3. The summed E-state index contributed by atoms with van der Waals surface area (Å²) in [5.41, 5.74) is 2.15. The molecule has 74 valence electrons. The molecule has 0 aliphatic heterocycles. The number of aliphatic hydroxyl groups is 1. The summed E-state index contributed by atoms with van der Waals surface area (Å²) in [5, 5.41) is 10.4. The lowest BCUT2D eigenvalue weighted by atomic mass is 10.1. The number of hydrogen-bond donors (Lipinski definition) is 2. The maximum absolute atomic E-state index is 9.20. The van der Waals surface area contributed by atoms with Gasteiger partial charge in [-0.2, -0.15) is 0 Å². The predicted molar refractivity (Wildman–Crippen MR) is 56.1 cm³/mol. The number of nitrogens with zero attached hydrogens (tertiary/aromatic N) is 1. The molecule has 0 aromatic carbocycles. The van der Waals surface area contributed by atoms with Gasteiger partial charge in [0.25, 0.3) is 0 Å². The van der Waals surface area contributed by atoms with Gasteiger partial charge in [0.15, 0.2) is 0 Å². The molecule has 2 aromatic heterocycles. The predicted octanol–water partition coefficient (Wildman–Crippen LogP) is 1.88. The molecule has 0 fully saturated rings. The first-order valence-corrected chi connectivity index (χ1v) is 4.86. The summed E-state index contributed by atoms with van der Waals surface area (Å²) >= 11 is 0. The summed E-state index contributed by atoms with van der Waals surface area (Å²) in [7, 11) is 0.